The zero-order valence-electron chi connectivity index (χ0n) is 6.86. The van der Waals surface area contributed by atoms with Gasteiger partial charge >= 0.3 is 6.18 Å². The Morgan fingerprint density at radius 3 is 2.08 bits per heavy atom. The van der Waals surface area contributed by atoms with E-state index < -0.39 is 17.0 Å². The third-order valence-corrected chi connectivity index (χ3v) is 2.90. The van der Waals surface area contributed by atoms with E-state index in [1.165, 1.54) is 0 Å². The molecule has 0 amide bonds. The molecule has 0 aromatic heterocycles. The number of rotatable bonds is 0. The third kappa shape index (κ3) is 2.50. The van der Waals surface area contributed by atoms with Crippen LogP contribution in [0.2, 0.25) is 0 Å². The van der Waals surface area contributed by atoms with Gasteiger partial charge in [0.15, 0.2) is 0 Å². The van der Waals surface area contributed by atoms with Gasteiger partial charge in [-0.1, -0.05) is 0 Å². The lowest BCUT2D eigenvalue weighted by molar-refractivity contribution is -0.182. The lowest BCUT2D eigenvalue weighted by Gasteiger charge is -2.31. The quantitative estimate of drug-likeness (QED) is 0.565. The Labute approximate surface area is 79.5 Å². The Balaban J connectivity index is 2.54. The summed E-state index contributed by atoms with van der Waals surface area (Å²) in [5.74, 6) is -1.27. The number of halogens is 4. The summed E-state index contributed by atoms with van der Waals surface area (Å²) >= 11 is 5.75. The number of hydrogen-bond donors (Lipinski definition) is 0. The maximum atomic E-state index is 12.2. The number of nitriles is 1. The molecule has 0 atom stereocenters. The highest BCUT2D eigenvalue weighted by Gasteiger charge is 2.45. The molecule has 1 nitrogen and oxygen atoms in total. The van der Waals surface area contributed by atoms with E-state index in [4.69, 9.17) is 16.9 Å². The summed E-state index contributed by atoms with van der Waals surface area (Å²) in [4.78, 5) is -1.05. The molecular weight excluding hydrogens is 203 g/mol. The number of hydrogen-bond acceptors (Lipinski definition) is 1. The van der Waals surface area contributed by atoms with Crippen molar-refractivity contribution < 1.29 is 13.2 Å². The number of nitrogens with zero attached hydrogens (tertiary/aromatic N) is 1. The van der Waals surface area contributed by atoms with Gasteiger partial charge in [0.25, 0.3) is 0 Å². The highest BCUT2D eigenvalue weighted by atomic mass is 35.5. The molecule has 0 aliphatic heterocycles. The maximum Gasteiger partial charge on any atom is 0.391 e. The normalized spacial score (nSPS) is 35.5. The smallest absolute Gasteiger partial charge is 0.196 e. The van der Waals surface area contributed by atoms with Crippen molar-refractivity contribution >= 4 is 11.6 Å². The second kappa shape index (κ2) is 3.38. The fourth-order valence-electron chi connectivity index (χ4n) is 1.51. The van der Waals surface area contributed by atoms with Crippen molar-refractivity contribution in [2.45, 2.75) is 36.7 Å². The molecule has 1 rings (SSSR count). The summed E-state index contributed by atoms with van der Waals surface area (Å²) < 4.78 is 36.5. The minimum Gasteiger partial charge on any atom is -0.196 e. The van der Waals surface area contributed by atoms with E-state index in [-0.39, 0.29) is 25.7 Å². The number of alkyl halides is 4. The van der Waals surface area contributed by atoms with Crippen molar-refractivity contribution in [3.05, 3.63) is 0 Å². The van der Waals surface area contributed by atoms with Crippen LogP contribution in [0, 0.1) is 17.2 Å². The van der Waals surface area contributed by atoms with E-state index in [2.05, 4.69) is 0 Å². The van der Waals surface area contributed by atoms with Crippen molar-refractivity contribution in [1.29, 1.82) is 5.26 Å². The fourth-order valence-corrected chi connectivity index (χ4v) is 1.73. The minimum atomic E-state index is -4.13. The zero-order valence-corrected chi connectivity index (χ0v) is 7.62. The van der Waals surface area contributed by atoms with Crippen LogP contribution in [0.1, 0.15) is 25.7 Å². The predicted molar refractivity (Wildman–Crippen MR) is 42.2 cm³/mol. The highest BCUT2D eigenvalue weighted by Crippen LogP contribution is 2.43. The maximum absolute atomic E-state index is 12.2. The monoisotopic (exact) mass is 211 g/mol. The zero-order chi connectivity index (χ0) is 10.1. The van der Waals surface area contributed by atoms with Crippen LogP contribution < -0.4 is 0 Å². The molecule has 0 radical (unpaired) electrons. The van der Waals surface area contributed by atoms with Crippen molar-refractivity contribution in [1.82, 2.24) is 0 Å². The molecule has 0 aromatic rings. The van der Waals surface area contributed by atoms with E-state index >= 15 is 0 Å². The summed E-state index contributed by atoms with van der Waals surface area (Å²) in [6.45, 7) is 0. The van der Waals surface area contributed by atoms with Gasteiger partial charge in [-0.3, -0.25) is 0 Å². The molecule has 5 heteroatoms. The molecule has 1 saturated carbocycles. The van der Waals surface area contributed by atoms with Gasteiger partial charge in [0.2, 0.25) is 0 Å². The first-order valence-electron chi connectivity index (χ1n) is 4.04. The van der Waals surface area contributed by atoms with E-state index in [1.54, 1.807) is 0 Å². The fraction of sp³-hybridized carbons (Fsp3) is 0.875. The topological polar surface area (TPSA) is 23.8 Å². The Kier molecular flexibility index (Phi) is 2.76. The molecule has 74 valence electrons. The standard InChI is InChI=1S/C8H9ClF3N/c9-7(5-13)3-1-6(2-4-7)8(10,11)12/h6H,1-4H2. The minimum absolute atomic E-state index is 0.0272. The summed E-state index contributed by atoms with van der Waals surface area (Å²) in [6, 6.07) is 1.85. The van der Waals surface area contributed by atoms with E-state index in [0.29, 0.717) is 0 Å². The molecule has 0 heterocycles. The highest BCUT2D eigenvalue weighted by molar-refractivity contribution is 6.25. The van der Waals surface area contributed by atoms with Crippen molar-refractivity contribution in [2.75, 3.05) is 0 Å². The SMILES string of the molecule is N#CC1(Cl)CCC(C(F)(F)F)CC1. The van der Waals surface area contributed by atoms with Gasteiger partial charge in [-0.25, -0.2) is 0 Å². The van der Waals surface area contributed by atoms with Crippen molar-refractivity contribution in [2.24, 2.45) is 5.92 Å². The Bertz CT molecular complexity index is 223. The third-order valence-electron chi connectivity index (χ3n) is 2.44. The molecule has 0 aromatic carbocycles. The second-order valence-corrected chi connectivity index (χ2v) is 4.12. The van der Waals surface area contributed by atoms with Gasteiger partial charge in [0, 0.05) is 0 Å². The average molecular weight is 212 g/mol. The Morgan fingerprint density at radius 1 is 1.31 bits per heavy atom. The summed E-state index contributed by atoms with van der Waals surface area (Å²) in [7, 11) is 0. The molecule has 0 bridgehead atoms. The van der Waals surface area contributed by atoms with Crippen molar-refractivity contribution in [3.8, 4) is 6.07 Å². The molecule has 0 N–H and O–H groups in total. The summed E-state index contributed by atoms with van der Waals surface area (Å²) in [5.41, 5.74) is 0. The summed E-state index contributed by atoms with van der Waals surface area (Å²) in [6.07, 6.45) is -3.92. The average Bonchev–Trinajstić information content (AvgIpc) is 2.04. The van der Waals surface area contributed by atoms with Gasteiger partial charge in [-0.05, 0) is 25.7 Å². The van der Waals surface area contributed by atoms with Crippen molar-refractivity contribution in [3.63, 3.8) is 0 Å². The lowest BCUT2D eigenvalue weighted by atomic mass is 9.82. The van der Waals surface area contributed by atoms with Gasteiger partial charge in [0.05, 0.1) is 12.0 Å². The van der Waals surface area contributed by atoms with E-state index in [1.807, 2.05) is 6.07 Å². The van der Waals surface area contributed by atoms with Crippen LogP contribution in [0.3, 0.4) is 0 Å². The van der Waals surface area contributed by atoms with Crippen LogP contribution >= 0.6 is 11.6 Å². The van der Waals surface area contributed by atoms with Gasteiger partial charge in [0.1, 0.15) is 4.87 Å². The van der Waals surface area contributed by atoms with Gasteiger partial charge < -0.3 is 0 Å². The molecule has 0 unspecified atom stereocenters. The van der Waals surface area contributed by atoms with Crippen LogP contribution in [0.15, 0.2) is 0 Å². The molecule has 0 saturated heterocycles. The molecular formula is C8H9ClF3N. The first-order chi connectivity index (χ1) is 5.87. The molecule has 1 aliphatic carbocycles. The van der Waals surface area contributed by atoms with Crippen LogP contribution in [0.25, 0.3) is 0 Å². The molecule has 0 spiro atoms. The first kappa shape index (κ1) is 10.6. The van der Waals surface area contributed by atoms with Crippen LogP contribution in [0.5, 0.6) is 0 Å². The van der Waals surface area contributed by atoms with Crippen LogP contribution in [-0.2, 0) is 0 Å². The Morgan fingerprint density at radius 2 is 1.77 bits per heavy atom. The largest absolute Gasteiger partial charge is 0.391 e. The lowest BCUT2D eigenvalue weighted by Crippen LogP contribution is -2.33. The van der Waals surface area contributed by atoms with Crippen LogP contribution in [-0.4, -0.2) is 11.1 Å². The molecule has 13 heavy (non-hydrogen) atoms. The second-order valence-electron chi connectivity index (χ2n) is 3.39. The first-order valence-corrected chi connectivity index (χ1v) is 4.42. The van der Waals surface area contributed by atoms with E-state index in [9.17, 15) is 13.2 Å². The van der Waals surface area contributed by atoms with Crippen LogP contribution in [0.4, 0.5) is 13.2 Å². The molecule has 1 aliphatic rings. The molecule has 1 fully saturated rings. The predicted octanol–water partition coefficient (Wildman–Crippen LogP) is 3.24. The summed E-state index contributed by atoms with van der Waals surface area (Å²) in [5, 5.41) is 8.58. The van der Waals surface area contributed by atoms with E-state index in [0.717, 1.165) is 0 Å². The Hall–Kier alpha value is -0.430. The van der Waals surface area contributed by atoms with Gasteiger partial charge in [-0.15, -0.1) is 11.6 Å². The van der Waals surface area contributed by atoms with Gasteiger partial charge in [-0.2, -0.15) is 18.4 Å².